The molecule has 9 N–H and O–H groups in total. The summed E-state index contributed by atoms with van der Waals surface area (Å²) in [5.74, 6) is -0.971. The van der Waals surface area contributed by atoms with Gasteiger partial charge < -0.3 is 60.4 Å². The molecule has 0 bridgehead atoms. The third kappa shape index (κ3) is 6.41. The van der Waals surface area contributed by atoms with Gasteiger partial charge in [0.25, 0.3) is 0 Å². The topological polar surface area (TPSA) is 222 Å². The van der Waals surface area contributed by atoms with Crippen molar-refractivity contribution in [3.63, 3.8) is 0 Å². The van der Waals surface area contributed by atoms with E-state index < -0.39 is 91.4 Å². The molecule has 0 saturated carbocycles. The fourth-order valence-corrected chi connectivity index (χ4v) is 3.23. The molecule has 190 valence electrons. The van der Waals surface area contributed by atoms with Crippen LogP contribution < -0.4 is 5.73 Å². The smallest absolute Gasteiger partial charge is 0.326 e. The Morgan fingerprint density at radius 1 is 0.938 bits per heavy atom. The molecule has 2 fully saturated rings. The number of carbonyl (C=O) groups excluding carboxylic acids is 1. The first kappa shape index (κ1) is 29.7. The molecular formula is C17H32ClNO12S. The number of rotatable bonds is 7. The van der Waals surface area contributed by atoms with E-state index in [4.69, 9.17) is 24.7 Å². The van der Waals surface area contributed by atoms with Crippen LogP contribution in [-0.4, -0.2) is 127 Å². The lowest BCUT2D eigenvalue weighted by Gasteiger charge is -2.45. The molecule has 0 amide bonds. The summed E-state index contributed by atoms with van der Waals surface area (Å²) >= 11 is 4.18. The second-order valence-corrected chi connectivity index (χ2v) is 9.23. The zero-order valence-corrected chi connectivity index (χ0v) is 19.1. The molecule has 2 aliphatic rings. The normalized spacial score (nSPS) is 41.5. The summed E-state index contributed by atoms with van der Waals surface area (Å²) in [5, 5.41) is 69.5. The summed E-state index contributed by atoms with van der Waals surface area (Å²) in [6, 6.07) is -1.19. The van der Waals surface area contributed by atoms with E-state index in [2.05, 4.69) is 12.6 Å². The van der Waals surface area contributed by atoms with Crippen LogP contribution in [0.5, 0.6) is 0 Å². The minimum Gasteiger partial charge on any atom is -0.432 e. The zero-order chi connectivity index (χ0) is 23.7. The van der Waals surface area contributed by atoms with E-state index in [0.717, 1.165) is 0 Å². The molecule has 32 heavy (non-hydrogen) atoms. The Labute approximate surface area is 195 Å². The number of esters is 1. The molecule has 2 rings (SSSR count). The molecule has 0 aromatic rings. The van der Waals surface area contributed by atoms with Gasteiger partial charge in [-0.25, -0.2) is 0 Å². The minimum atomic E-state index is -1.84. The summed E-state index contributed by atoms with van der Waals surface area (Å²) in [4.78, 5) is 12.2. The monoisotopic (exact) mass is 509 g/mol. The molecule has 11 atom stereocenters. The maximum absolute atomic E-state index is 12.2. The number of hydrogen-bond acceptors (Lipinski definition) is 14. The number of halogens is 1. The molecule has 0 aromatic carbocycles. The van der Waals surface area contributed by atoms with Crippen molar-refractivity contribution in [2.45, 2.75) is 86.0 Å². The maximum atomic E-state index is 12.2. The van der Waals surface area contributed by atoms with Gasteiger partial charge in [-0.1, -0.05) is 0 Å². The molecule has 2 aliphatic heterocycles. The Morgan fingerprint density at radius 3 is 1.94 bits per heavy atom. The van der Waals surface area contributed by atoms with Crippen LogP contribution in [0.4, 0.5) is 0 Å². The van der Waals surface area contributed by atoms with E-state index in [1.54, 1.807) is 13.8 Å². The van der Waals surface area contributed by atoms with Crippen molar-refractivity contribution in [1.29, 1.82) is 0 Å². The summed E-state index contributed by atoms with van der Waals surface area (Å²) in [6.07, 6.45) is -16.3. The van der Waals surface area contributed by atoms with Crippen molar-refractivity contribution in [1.82, 2.24) is 0 Å². The molecule has 0 radical (unpaired) electrons. The van der Waals surface area contributed by atoms with Gasteiger partial charge in [0, 0.05) is 4.75 Å². The number of hydrogen-bond donors (Lipinski definition) is 9. The third-order valence-corrected chi connectivity index (χ3v) is 5.49. The lowest BCUT2D eigenvalue weighted by Crippen LogP contribution is -2.65. The van der Waals surface area contributed by atoms with Gasteiger partial charge in [-0.3, -0.25) is 4.79 Å². The number of carbonyl (C=O) groups is 1. The first-order valence-electron chi connectivity index (χ1n) is 9.60. The van der Waals surface area contributed by atoms with Crippen LogP contribution in [0.25, 0.3) is 0 Å². The molecular weight excluding hydrogens is 478 g/mol. The molecule has 1 unspecified atom stereocenters. The zero-order valence-electron chi connectivity index (χ0n) is 17.4. The SMILES string of the molecule is CC(C)(S)[C@@H](N)C(=O)OC1O[C@H](CO)[C@@H](O[C@@H]2O[C@H](CO)[C@H](O)[C@H](O)[C@H]2O)[C@H](O)[C@H]1O.Cl. The van der Waals surface area contributed by atoms with E-state index in [-0.39, 0.29) is 12.4 Å². The fraction of sp³-hybridized carbons (Fsp3) is 0.941. The number of aliphatic hydroxyl groups excluding tert-OH is 7. The van der Waals surface area contributed by atoms with Crippen molar-refractivity contribution in [3.8, 4) is 0 Å². The largest absolute Gasteiger partial charge is 0.432 e. The van der Waals surface area contributed by atoms with Gasteiger partial charge in [-0.15, -0.1) is 12.4 Å². The molecule has 2 heterocycles. The number of ether oxygens (including phenoxy) is 4. The highest BCUT2D eigenvalue weighted by molar-refractivity contribution is 7.81. The molecule has 15 heteroatoms. The van der Waals surface area contributed by atoms with Gasteiger partial charge in [-0.05, 0) is 13.8 Å². The second-order valence-electron chi connectivity index (χ2n) is 8.07. The van der Waals surface area contributed by atoms with Crippen LogP contribution in [0.3, 0.4) is 0 Å². The Bertz CT molecular complexity index is 609. The number of aliphatic hydroxyl groups is 7. The predicted molar refractivity (Wildman–Crippen MR) is 111 cm³/mol. The first-order chi connectivity index (χ1) is 14.3. The van der Waals surface area contributed by atoms with E-state index in [9.17, 15) is 40.5 Å². The number of thiol groups is 1. The van der Waals surface area contributed by atoms with Gasteiger partial charge >= 0.3 is 5.97 Å². The highest BCUT2D eigenvalue weighted by atomic mass is 35.5. The third-order valence-electron chi connectivity index (χ3n) is 5.21. The quantitative estimate of drug-likeness (QED) is 0.117. The van der Waals surface area contributed by atoms with Crippen LogP contribution >= 0.6 is 25.0 Å². The summed E-state index contributed by atoms with van der Waals surface area (Å²) in [6.45, 7) is 1.66. The molecule has 2 saturated heterocycles. The number of nitrogens with two attached hydrogens (primary N) is 1. The average molecular weight is 510 g/mol. The van der Waals surface area contributed by atoms with Gasteiger partial charge in [0.05, 0.1) is 13.2 Å². The van der Waals surface area contributed by atoms with Gasteiger partial charge in [0.15, 0.2) is 6.29 Å². The van der Waals surface area contributed by atoms with Crippen LogP contribution in [0.15, 0.2) is 0 Å². The van der Waals surface area contributed by atoms with Crippen LogP contribution in [0.1, 0.15) is 13.8 Å². The maximum Gasteiger partial charge on any atom is 0.326 e. The van der Waals surface area contributed by atoms with Crippen molar-refractivity contribution >= 4 is 31.0 Å². The molecule has 0 aliphatic carbocycles. The Hall–Kier alpha value is -0.330. The Balaban J connectivity index is 0.00000512. The predicted octanol–water partition coefficient (Wildman–Crippen LogP) is -4.39. The van der Waals surface area contributed by atoms with Crippen molar-refractivity contribution in [3.05, 3.63) is 0 Å². The Kier molecular flexibility index (Phi) is 11.0. The highest BCUT2D eigenvalue weighted by Crippen LogP contribution is 2.30. The molecule has 0 aromatic heterocycles. The molecule has 13 nitrogen and oxygen atoms in total. The molecule has 0 spiro atoms. The fourth-order valence-electron chi connectivity index (χ4n) is 3.13. The van der Waals surface area contributed by atoms with Gasteiger partial charge in [0.2, 0.25) is 6.29 Å². The van der Waals surface area contributed by atoms with E-state index in [0.29, 0.717) is 0 Å². The van der Waals surface area contributed by atoms with Crippen molar-refractivity contribution < 1.29 is 59.5 Å². The van der Waals surface area contributed by atoms with E-state index in [1.807, 2.05) is 0 Å². The summed E-state index contributed by atoms with van der Waals surface area (Å²) in [5.41, 5.74) is 5.74. The van der Waals surface area contributed by atoms with E-state index >= 15 is 0 Å². The van der Waals surface area contributed by atoms with Crippen molar-refractivity contribution in [2.24, 2.45) is 5.73 Å². The Morgan fingerprint density at radius 2 is 1.44 bits per heavy atom. The lowest BCUT2D eigenvalue weighted by molar-refractivity contribution is -0.356. The van der Waals surface area contributed by atoms with E-state index in [1.165, 1.54) is 0 Å². The van der Waals surface area contributed by atoms with Crippen LogP contribution in [0.2, 0.25) is 0 Å². The van der Waals surface area contributed by atoms with Gasteiger partial charge in [0.1, 0.15) is 54.9 Å². The minimum absolute atomic E-state index is 0. The van der Waals surface area contributed by atoms with Crippen molar-refractivity contribution in [2.75, 3.05) is 13.2 Å². The standard InChI is InChI=1S/C17H31NO12S.ClH/c1-17(2,31)13(18)14(26)30-16-11(25)9(23)12(6(4-20)28-16)29-15-10(24)8(22)7(21)5(3-19)27-15;/h5-13,15-16,19-25,31H,3-4,18H2,1-2H3;1H/t5-,6-,7+,8+,9-,10-,11-,12-,13+,15+,16?;/m1./s1. The lowest BCUT2D eigenvalue weighted by atomic mass is 9.97. The van der Waals surface area contributed by atoms with Crippen LogP contribution in [0, 0.1) is 0 Å². The summed E-state index contributed by atoms with van der Waals surface area (Å²) < 4.78 is 20.0. The van der Waals surface area contributed by atoms with Gasteiger partial charge in [-0.2, -0.15) is 12.6 Å². The highest BCUT2D eigenvalue weighted by Gasteiger charge is 2.51. The second kappa shape index (κ2) is 11.9. The average Bonchev–Trinajstić information content (AvgIpc) is 2.71. The van der Waals surface area contributed by atoms with Crippen LogP contribution in [-0.2, 0) is 23.7 Å². The first-order valence-corrected chi connectivity index (χ1v) is 10.0. The summed E-state index contributed by atoms with van der Waals surface area (Å²) in [7, 11) is 0.